The number of anilines is 2. The molecule has 2 aliphatic rings. The summed E-state index contributed by atoms with van der Waals surface area (Å²) in [5.74, 6) is 0.761. The van der Waals surface area contributed by atoms with Gasteiger partial charge in [-0.15, -0.1) is 0 Å². The molecule has 0 aromatic heterocycles. The van der Waals surface area contributed by atoms with Crippen molar-refractivity contribution in [2.75, 3.05) is 36.9 Å². The first-order valence-electron chi connectivity index (χ1n) is 7.04. The van der Waals surface area contributed by atoms with Crippen molar-refractivity contribution >= 4 is 11.4 Å². The van der Waals surface area contributed by atoms with Gasteiger partial charge in [0, 0.05) is 37.7 Å². The van der Waals surface area contributed by atoms with Crippen molar-refractivity contribution in [2.45, 2.75) is 25.7 Å². The number of ether oxygens (including phenoxy) is 1. The van der Waals surface area contributed by atoms with E-state index in [0.29, 0.717) is 0 Å². The van der Waals surface area contributed by atoms with Crippen LogP contribution in [0.4, 0.5) is 11.4 Å². The van der Waals surface area contributed by atoms with Crippen LogP contribution in [0.5, 0.6) is 0 Å². The molecule has 0 saturated carbocycles. The third-order valence-electron chi connectivity index (χ3n) is 4.21. The Morgan fingerprint density at radius 2 is 2.33 bits per heavy atom. The maximum absolute atomic E-state index is 6.08. The molecule has 0 aliphatic carbocycles. The van der Waals surface area contributed by atoms with Gasteiger partial charge >= 0.3 is 0 Å². The standard InChI is InChI=1S/C15H22N2O/c16-14-4-1-5-15-13(14)3-2-8-17(15)9-6-12-7-10-18-11-12/h1,4-5,12H,2-3,6-11,16H2. The molecule has 3 heteroatoms. The fourth-order valence-electron chi connectivity index (χ4n) is 3.11. The zero-order valence-corrected chi connectivity index (χ0v) is 10.9. The van der Waals surface area contributed by atoms with E-state index in [4.69, 9.17) is 10.5 Å². The number of nitrogens with two attached hydrogens (primary N) is 1. The fourth-order valence-corrected chi connectivity index (χ4v) is 3.11. The smallest absolute Gasteiger partial charge is 0.0495 e. The van der Waals surface area contributed by atoms with E-state index in [-0.39, 0.29) is 0 Å². The molecule has 0 bridgehead atoms. The highest BCUT2D eigenvalue weighted by Gasteiger charge is 2.21. The third-order valence-corrected chi connectivity index (χ3v) is 4.21. The predicted molar refractivity (Wildman–Crippen MR) is 74.9 cm³/mol. The fraction of sp³-hybridized carbons (Fsp3) is 0.600. The average molecular weight is 246 g/mol. The Hall–Kier alpha value is -1.22. The van der Waals surface area contributed by atoms with E-state index < -0.39 is 0 Å². The van der Waals surface area contributed by atoms with Crippen molar-refractivity contribution < 1.29 is 4.74 Å². The van der Waals surface area contributed by atoms with E-state index in [9.17, 15) is 0 Å². The molecular formula is C15H22N2O. The molecule has 2 aliphatic heterocycles. The molecule has 98 valence electrons. The van der Waals surface area contributed by atoms with Crippen molar-refractivity contribution in [3.05, 3.63) is 23.8 Å². The van der Waals surface area contributed by atoms with Gasteiger partial charge in [0.15, 0.2) is 0 Å². The summed E-state index contributed by atoms with van der Waals surface area (Å²) in [6.07, 6.45) is 4.83. The van der Waals surface area contributed by atoms with Gasteiger partial charge in [0.2, 0.25) is 0 Å². The van der Waals surface area contributed by atoms with E-state index in [1.165, 1.54) is 37.1 Å². The molecular weight excluding hydrogens is 224 g/mol. The number of nitrogens with zero attached hydrogens (tertiary/aromatic N) is 1. The van der Waals surface area contributed by atoms with E-state index in [1.807, 2.05) is 6.07 Å². The minimum Gasteiger partial charge on any atom is -0.398 e. The SMILES string of the molecule is Nc1cccc2c1CCCN2CCC1CCOC1. The second-order valence-electron chi connectivity index (χ2n) is 5.45. The number of benzene rings is 1. The van der Waals surface area contributed by atoms with Crippen LogP contribution in [0.3, 0.4) is 0 Å². The van der Waals surface area contributed by atoms with Crippen molar-refractivity contribution in [2.24, 2.45) is 5.92 Å². The molecule has 1 atom stereocenters. The number of hydrogen-bond donors (Lipinski definition) is 1. The molecule has 18 heavy (non-hydrogen) atoms. The second kappa shape index (κ2) is 5.19. The van der Waals surface area contributed by atoms with Crippen LogP contribution in [-0.4, -0.2) is 26.3 Å². The van der Waals surface area contributed by atoms with Crippen LogP contribution in [0.15, 0.2) is 18.2 Å². The summed E-state index contributed by atoms with van der Waals surface area (Å²) in [7, 11) is 0. The van der Waals surface area contributed by atoms with Gasteiger partial charge in [-0.05, 0) is 49.3 Å². The first kappa shape index (κ1) is 11.8. The second-order valence-corrected chi connectivity index (χ2v) is 5.45. The zero-order valence-electron chi connectivity index (χ0n) is 10.9. The number of fused-ring (bicyclic) bond motifs is 1. The highest BCUT2D eigenvalue weighted by Crippen LogP contribution is 2.31. The van der Waals surface area contributed by atoms with Gasteiger partial charge in [-0.2, -0.15) is 0 Å². The predicted octanol–water partition coefficient (Wildman–Crippen LogP) is 2.45. The van der Waals surface area contributed by atoms with Crippen molar-refractivity contribution in [1.82, 2.24) is 0 Å². The summed E-state index contributed by atoms with van der Waals surface area (Å²) in [5, 5.41) is 0. The van der Waals surface area contributed by atoms with Crippen molar-refractivity contribution in [3.8, 4) is 0 Å². The first-order valence-corrected chi connectivity index (χ1v) is 7.04. The van der Waals surface area contributed by atoms with Crippen molar-refractivity contribution in [3.63, 3.8) is 0 Å². The Bertz CT molecular complexity index is 413. The van der Waals surface area contributed by atoms with Gasteiger partial charge in [0.25, 0.3) is 0 Å². The number of rotatable bonds is 3. The lowest BCUT2D eigenvalue weighted by Gasteiger charge is -2.32. The maximum Gasteiger partial charge on any atom is 0.0495 e. The molecule has 1 saturated heterocycles. The maximum atomic E-state index is 6.08. The van der Waals surface area contributed by atoms with Crippen LogP contribution in [0.2, 0.25) is 0 Å². The first-order chi connectivity index (χ1) is 8.84. The molecule has 1 aromatic carbocycles. The topological polar surface area (TPSA) is 38.5 Å². The monoisotopic (exact) mass is 246 g/mol. The molecule has 2 heterocycles. The van der Waals surface area contributed by atoms with Crippen LogP contribution in [0.25, 0.3) is 0 Å². The summed E-state index contributed by atoms with van der Waals surface area (Å²) >= 11 is 0. The van der Waals surface area contributed by atoms with Crippen LogP contribution < -0.4 is 10.6 Å². The van der Waals surface area contributed by atoms with Gasteiger partial charge in [-0.25, -0.2) is 0 Å². The summed E-state index contributed by atoms with van der Waals surface area (Å²) < 4.78 is 5.45. The lowest BCUT2D eigenvalue weighted by molar-refractivity contribution is 0.184. The largest absolute Gasteiger partial charge is 0.398 e. The van der Waals surface area contributed by atoms with Gasteiger partial charge in [0.05, 0.1) is 0 Å². The number of nitrogen functional groups attached to an aromatic ring is 1. The Balaban J connectivity index is 1.69. The summed E-state index contributed by atoms with van der Waals surface area (Å²) in [6.45, 7) is 4.22. The van der Waals surface area contributed by atoms with Crippen molar-refractivity contribution in [1.29, 1.82) is 0 Å². The normalized spacial score (nSPS) is 23.1. The lowest BCUT2D eigenvalue weighted by Crippen LogP contribution is -2.31. The van der Waals surface area contributed by atoms with Crippen LogP contribution in [0, 0.1) is 5.92 Å². The van der Waals surface area contributed by atoms with Gasteiger partial charge in [0.1, 0.15) is 0 Å². The Morgan fingerprint density at radius 3 is 3.17 bits per heavy atom. The van der Waals surface area contributed by atoms with Gasteiger partial charge < -0.3 is 15.4 Å². The zero-order chi connectivity index (χ0) is 12.4. The van der Waals surface area contributed by atoms with Crippen LogP contribution >= 0.6 is 0 Å². The minimum atomic E-state index is 0.761. The minimum absolute atomic E-state index is 0.761. The van der Waals surface area contributed by atoms with Gasteiger partial charge in [-0.1, -0.05) is 6.07 Å². The Labute approximate surface area is 109 Å². The molecule has 3 rings (SSSR count). The number of hydrogen-bond acceptors (Lipinski definition) is 3. The molecule has 1 fully saturated rings. The lowest BCUT2D eigenvalue weighted by atomic mass is 9.98. The Kier molecular flexibility index (Phi) is 3.41. The summed E-state index contributed by atoms with van der Waals surface area (Å²) in [5.41, 5.74) is 9.75. The van der Waals surface area contributed by atoms with E-state index in [1.54, 1.807) is 0 Å². The Morgan fingerprint density at radius 1 is 1.39 bits per heavy atom. The quantitative estimate of drug-likeness (QED) is 0.833. The molecule has 0 spiro atoms. The molecule has 0 amide bonds. The summed E-state index contributed by atoms with van der Waals surface area (Å²) in [4.78, 5) is 2.51. The molecule has 1 unspecified atom stereocenters. The average Bonchev–Trinajstić information content (AvgIpc) is 2.90. The summed E-state index contributed by atoms with van der Waals surface area (Å²) in [6, 6.07) is 6.31. The molecule has 2 N–H and O–H groups in total. The van der Waals surface area contributed by atoms with Crippen LogP contribution in [-0.2, 0) is 11.2 Å². The van der Waals surface area contributed by atoms with Gasteiger partial charge in [-0.3, -0.25) is 0 Å². The highest BCUT2D eigenvalue weighted by molar-refractivity contribution is 5.66. The van der Waals surface area contributed by atoms with E-state index >= 15 is 0 Å². The third kappa shape index (κ3) is 2.32. The van der Waals surface area contributed by atoms with E-state index in [0.717, 1.165) is 37.8 Å². The molecule has 0 radical (unpaired) electrons. The molecule has 3 nitrogen and oxygen atoms in total. The van der Waals surface area contributed by atoms with E-state index in [2.05, 4.69) is 17.0 Å². The molecule has 1 aromatic rings. The highest BCUT2D eigenvalue weighted by atomic mass is 16.5. The van der Waals surface area contributed by atoms with Crippen LogP contribution in [0.1, 0.15) is 24.8 Å².